The fourth-order valence-corrected chi connectivity index (χ4v) is 3.37. The van der Waals surface area contributed by atoms with Crippen LogP contribution in [-0.4, -0.2) is 29.7 Å². The summed E-state index contributed by atoms with van der Waals surface area (Å²) in [6, 6.07) is 2.17. The van der Waals surface area contributed by atoms with Crippen molar-refractivity contribution in [2.24, 2.45) is 0 Å². The molecule has 0 aliphatic carbocycles. The van der Waals surface area contributed by atoms with E-state index < -0.39 is 0 Å². The van der Waals surface area contributed by atoms with E-state index in [-0.39, 0.29) is 0 Å². The first kappa shape index (κ1) is 12.8. The van der Waals surface area contributed by atoms with Crippen LogP contribution in [0.3, 0.4) is 0 Å². The van der Waals surface area contributed by atoms with E-state index in [1.807, 2.05) is 0 Å². The molecule has 2 aromatic rings. The van der Waals surface area contributed by atoms with Crippen molar-refractivity contribution in [2.75, 3.05) is 25.1 Å². The van der Waals surface area contributed by atoms with Gasteiger partial charge in [0.2, 0.25) is 0 Å². The second-order valence-corrected chi connectivity index (χ2v) is 6.19. The third kappa shape index (κ3) is 2.58. The zero-order valence-corrected chi connectivity index (χ0v) is 12.2. The third-order valence-corrected chi connectivity index (χ3v) is 4.35. The Labute approximate surface area is 117 Å². The maximum absolute atomic E-state index is 5.56. The SMILES string of the molecule is CCNc1nc(C2CCCOC2)nc2sc(C)cc12. The van der Waals surface area contributed by atoms with Crippen LogP contribution in [-0.2, 0) is 4.74 Å². The fraction of sp³-hybridized carbons (Fsp3) is 0.571. The molecule has 102 valence electrons. The molecule has 1 unspecified atom stereocenters. The standard InChI is InChI=1S/C14H19N3OS/c1-3-15-13-11-7-9(2)19-14(11)17-12(16-13)10-5-4-6-18-8-10/h7,10H,3-6,8H2,1-2H3,(H,15,16,17). The molecule has 1 atom stereocenters. The first-order valence-corrected chi connectivity index (χ1v) is 7.69. The Hall–Kier alpha value is -1.20. The highest BCUT2D eigenvalue weighted by Gasteiger charge is 2.21. The number of anilines is 1. The Bertz CT molecular complexity index is 575. The van der Waals surface area contributed by atoms with Gasteiger partial charge in [0.1, 0.15) is 16.5 Å². The molecule has 1 saturated heterocycles. The summed E-state index contributed by atoms with van der Waals surface area (Å²) >= 11 is 1.74. The third-order valence-electron chi connectivity index (χ3n) is 3.40. The highest BCUT2D eigenvalue weighted by molar-refractivity contribution is 7.18. The molecule has 19 heavy (non-hydrogen) atoms. The van der Waals surface area contributed by atoms with Crippen molar-refractivity contribution in [3.8, 4) is 0 Å². The Morgan fingerprint density at radius 1 is 1.47 bits per heavy atom. The van der Waals surface area contributed by atoms with Crippen molar-refractivity contribution < 1.29 is 4.74 Å². The van der Waals surface area contributed by atoms with Gasteiger partial charge in [0.05, 0.1) is 12.0 Å². The number of thiophene rings is 1. The number of fused-ring (bicyclic) bond motifs is 1. The fourth-order valence-electron chi connectivity index (χ4n) is 2.49. The van der Waals surface area contributed by atoms with Crippen LogP contribution < -0.4 is 5.32 Å². The average molecular weight is 277 g/mol. The number of aromatic nitrogens is 2. The van der Waals surface area contributed by atoms with Crippen molar-refractivity contribution in [1.82, 2.24) is 9.97 Å². The molecule has 3 heterocycles. The van der Waals surface area contributed by atoms with Gasteiger partial charge in [0.25, 0.3) is 0 Å². The Morgan fingerprint density at radius 3 is 3.11 bits per heavy atom. The van der Waals surface area contributed by atoms with Gasteiger partial charge in [-0.25, -0.2) is 9.97 Å². The van der Waals surface area contributed by atoms with Crippen molar-refractivity contribution in [3.63, 3.8) is 0 Å². The maximum atomic E-state index is 5.56. The first-order valence-electron chi connectivity index (χ1n) is 6.87. The molecule has 5 heteroatoms. The summed E-state index contributed by atoms with van der Waals surface area (Å²) in [4.78, 5) is 11.8. The van der Waals surface area contributed by atoms with Crippen LogP contribution >= 0.6 is 11.3 Å². The molecule has 1 N–H and O–H groups in total. The van der Waals surface area contributed by atoms with E-state index in [9.17, 15) is 0 Å². The van der Waals surface area contributed by atoms with Gasteiger partial charge in [0, 0.05) is 23.9 Å². The van der Waals surface area contributed by atoms with Crippen LogP contribution in [0.1, 0.15) is 36.4 Å². The molecule has 4 nitrogen and oxygen atoms in total. The molecular formula is C14H19N3OS. The lowest BCUT2D eigenvalue weighted by Crippen LogP contribution is -2.18. The van der Waals surface area contributed by atoms with E-state index in [0.717, 1.165) is 54.5 Å². The lowest BCUT2D eigenvalue weighted by molar-refractivity contribution is 0.0782. The minimum absolute atomic E-state index is 0.345. The topological polar surface area (TPSA) is 47.0 Å². The predicted molar refractivity (Wildman–Crippen MR) is 79.1 cm³/mol. The molecular weight excluding hydrogens is 258 g/mol. The summed E-state index contributed by atoms with van der Waals surface area (Å²) in [5.41, 5.74) is 0. The lowest BCUT2D eigenvalue weighted by Gasteiger charge is -2.21. The van der Waals surface area contributed by atoms with Crippen molar-refractivity contribution in [1.29, 1.82) is 0 Å². The Kier molecular flexibility index (Phi) is 3.66. The van der Waals surface area contributed by atoms with Crippen LogP contribution in [0.15, 0.2) is 6.07 Å². The lowest BCUT2D eigenvalue weighted by atomic mass is 10.0. The normalized spacial score (nSPS) is 19.8. The molecule has 0 radical (unpaired) electrons. The largest absolute Gasteiger partial charge is 0.381 e. The number of nitrogens with zero attached hydrogens (tertiary/aromatic N) is 2. The number of hydrogen-bond acceptors (Lipinski definition) is 5. The van der Waals surface area contributed by atoms with Gasteiger partial charge in [-0.3, -0.25) is 0 Å². The molecule has 2 aromatic heterocycles. The van der Waals surface area contributed by atoms with Gasteiger partial charge in [-0.2, -0.15) is 0 Å². The minimum Gasteiger partial charge on any atom is -0.381 e. The van der Waals surface area contributed by atoms with E-state index in [4.69, 9.17) is 14.7 Å². The smallest absolute Gasteiger partial charge is 0.138 e. The molecule has 0 saturated carbocycles. The van der Waals surface area contributed by atoms with Crippen LogP contribution in [0.4, 0.5) is 5.82 Å². The number of ether oxygens (including phenoxy) is 1. The van der Waals surface area contributed by atoms with E-state index in [1.165, 1.54) is 4.88 Å². The average Bonchev–Trinajstić information content (AvgIpc) is 2.80. The van der Waals surface area contributed by atoms with Crippen LogP contribution in [0, 0.1) is 6.92 Å². The number of aryl methyl sites for hydroxylation is 1. The van der Waals surface area contributed by atoms with E-state index in [2.05, 4.69) is 25.2 Å². The summed E-state index contributed by atoms with van der Waals surface area (Å²) in [5, 5.41) is 4.50. The molecule has 0 spiro atoms. The van der Waals surface area contributed by atoms with Gasteiger partial charge >= 0.3 is 0 Å². The van der Waals surface area contributed by atoms with Crippen LogP contribution in [0.5, 0.6) is 0 Å². The number of nitrogens with one attached hydrogen (secondary N) is 1. The Morgan fingerprint density at radius 2 is 2.37 bits per heavy atom. The van der Waals surface area contributed by atoms with Crippen molar-refractivity contribution in [2.45, 2.75) is 32.6 Å². The van der Waals surface area contributed by atoms with Gasteiger partial charge < -0.3 is 10.1 Å². The summed E-state index contributed by atoms with van der Waals surface area (Å²) in [5.74, 6) is 2.25. The zero-order valence-electron chi connectivity index (χ0n) is 11.4. The predicted octanol–water partition coefficient (Wildman–Crippen LogP) is 3.33. The summed E-state index contributed by atoms with van der Waals surface area (Å²) in [6.07, 6.45) is 2.23. The van der Waals surface area contributed by atoms with Gasteiger partial charge in [0.15, 0.2) is 0 Å². The molecule has 1 fully saturated rings. The van der Waals surface area contributed by atoms with E-state index in [0.29, 0.717) is 5.92 Å². The summed E-state index contributed by atoms with van der Waals surface area (Å²) in [6.45, 7) is 6.71. The second-order valence-electron chi connectivity index (χ2n) is 4.95. The minimum atomic E-state index is 0.345. The molecule has 1 aliphatic rings. The van der Waals surface area contributed by atoms with E-state index in [1.54, 1.807) is 11.3 Å². The van der Waals surface area contributed by atoms with Crippen LogP contribution in [0.2, 0.25) is 0 Å². The monoisotopic (exact) mass is 277 g/mol. The second kappa shape index (κ2) is 5.43. The zero-order chi connectivity index (χ0) is 13.2. The summed E-state index contributed by atoms with van der Waals surface area (Å²) < 4.78 is 5.56. The summed E-state index contributed by atoms with van der Waals surface area (Å²) in [7, 11) is 0. The van der Waals surface area contributed by atoms with Crippen molar-refractivity contribution in [3.05, 3.63) is 16.8 Å². The first-order chi connectivity index (χ1) is 9.28. The maximum Gasteiger partial charge on any atom is 0.138 e. The van der Waals surface area contributed by atoms with Gasteiger partial charge in [-0.15, -0.1) is 11.3 Å². The van der Waals surface area contributed by atoms with Crippen molar-refractivity contribution >= 4 is 27.4 Å². The molecule has 1 aliphatic heterocycles. The van der Waals surface area contributed by atoms with Gasteiger partial charge in [-0.05, 0) is 32.8 Å². The Balaban J connectivity index is 2.04. The van der Waals surface area contributed by atoms with E-state index >= 15 is 0 Å². The van der Waals surface area contributed by atoms with Crippen LogP contribution in [0.25, 0.3) is 10.2 Å². The number of hydrogen-bond donors (Lipinski definition) is 1. The quantitative estimate of drug-likeness (QED) is 0.935. The molecule has 0 amide bonds. The highest BCUT2D eigenvalue weighted by Crippen LogP contribution is 2.31. The highest BCUT2D eigenvalue weighted by atomic mass is 32.1. The molecule has 0 bridgehead atoms. The molecule has 0 aromatic carbocycles. The number of rotatable bonds is 3. The van der Waals surface area contributed by atoms with Gasteiger partial charge in [-0.1, -0.05) is 0 Å². The molecule has 3 rings (SSSR count).